The Kier molecular flexibility index (Phi) is 3.45. The number of hydrogen-bond acceptors (Lipinski definition) is 1. The molecule has 3 rings (SSSR count). The van der Waals surface area contributed by atoms with Crippen molar-refractivity contribution in [1.29, 1.82) is 0 Å². The lowest BCUT2D eigenvalue weighted by Gasteiger charge is -2.07. The third-order valence-corrected chi connectivity index (χ3v) is 4.55. The second kappa shape index (κ2) is 5.25. The van der Waals surface area contributed by atoms with Gasteiger partial charge in [0, 0.05) is 26.6 Å². The lowest BCUT2D eigenvalue weighted by molar-refractivity contribution is 0.0973. The van der Waals surface area contributed by atoms with Gasteiger partial charge in [-0.1, -0.05) is 48.5 Å². The van der Waals surface area contributed by atoms with Crippen LogP contribution in [0.15, 0.2) is 59.1 Å². The SMILES string of the molecule is Cc1c(Br)c2ccccc2n1CC(=O)c1ccccc1. The molecule has 100 valence electrons. The van der Waals surface area contributed by atoms with Crippen LogP contribution in [-0.4, -0.2) is 10.4 Å². The highest BCUT2D eigenvalue weighted by atomic mass is 79.9. The molecule has 0 aliphatic carbocycles. The first kappa shape index (κ1) is 13.1. The predicted octanol–water partition coefficient (Wildman–Crippen LogP) is 4.60. The fourth-order valence-corrected chi connectivity index (χ4v) is 3.00. The molecule has 0 saturated heterocycles. The van der Waals surface area contributed by atoms with E-state index in [-0.39, 0.29) is 5.78 Å². The third kappa shape index (κ3) is 2.18. The van der Waals surface area contributed by atoms with Gasteiger partial charge in [0.25, 0.3) is 0 Å². The molecule has 0 unspecified atom stereocenters. The van der Waals surface area contributed by atoms with Crippen LogP contribution in [0, 0.1) is 6.92 Å². The van der Waals surface area contributed by atoms with Gasteiger partial charge in [-0.2, -0.15) is 0 Å². The average Bonchev–Trinajstić information content (AvgIpc) is 2.74. The van der Waals surface area contributed by atoms with E-state index >= 15 is 0 Å². The molecule has 0 spiro atoms. The van der Waals surface area contributed by atoms with Crippen LogP contribution < -0.4 is 0 Å². The van der Waals surface area contributed by atoms with E-state index in [0.717, 1.165) is 26.6 Å². The van der Waals surface area contributed by atoms with E-state index in [9.17, 15) is 4.79 Å². The Hall–Kier alpha value is -1.87. The minimum atomic E-state index is 0.127. The number of aromatic nitrogens is 1. The average molecular weight is 328 g/mol. The predicted molar refractivity (Wildman–Crippen MR) is 85.1 cm³/mol. The van der Waals surface area contributed by atoms with Crippen molar-refractivity contribution in [1.82, 2.24) is 4.57 Å². The summed E-state index contributed by atoms with van der Waals surface area (Å²) >= 11 is 3.62. The van der Waals surface area contributed by atoms with Gasteiger partial charge in [0.15, 0.2) is 5.78 Å². The fraction of sp³-hybridized carbons (Fsp3) is 0.118. The molecule has 2 aromatic carbocycles. The topological polar surface area (TPSA) is 22.0 Å². The number of ketones is 1. The summed E-state index contributed by atoms with van der Waals surface area (Å²) in [6.45, 7) is 2.39. The fourth-order valence-electron chi connectivity index (χ4n) is 2.45. The number of carbonyl (C=O) groups is 1. The maximum atomic E-state index is 12.4. The van der Waals surface area contributed by atoms with Gasteiger partial charge in [-0.25, -0.2) is 0 Å². The number of benzene rings is 2. The maximum Gasteiger partial charge on any atom is 0.182 e. The molecule has 0 atom stereocenters. The molecule has 0 amide bonds. The van der Waals surface area contributed by atoms with E-state index in [4.69, 9.17) is 0 Å². The van der Waals surface area contributed by atoms with Gasteiger partial charge in [0.2, 0.25) is 0 Å². The molecule has 0 fully saturated rings. The van der Waals surface area contributed by atoms with Crippen LogP contribution in [0.5, 0.6) is 0 Å². The number of para-hydroxylation sites is 1. The first-order chi connectivity index (χ1) is 9.68. The summed E-state index contributed by atoms with van der Waals surface area (Å²) < 4.78 is 3.13. The highest BCUT2D eigenvalue weighted by molar-refractivity contribution is 9.10. The summed E-state index contributed by atoms with van der Waals surface area (Å²) in [5.74, 6) is 0.127. The molecule has 0 aliphatic rings. The van der Waals surface area contributed by atoms with Crippen LogP contribution in [0.1, 0.15) is 16.1 Å². The molecule has 1 heterocycles. The molecule has 1 aromatic heterocycles. The van der Waals surface area contributed by atoms with Crippen LogP contribution in [-0.2, 0) is 6.54 Å². The van der Waals surface area contributed by atoms with Crippen molar-refractivity contribution >= 4 is 32.6 Å². The Balaban J connectivity index is 2.04. The molecule has 0 radical (unpaired) electrons. The highest BCUT2D eigenvalue weighted by Gasteiger charge is 2.14. The van der Waals surface area contributed by atoms with Gasteiger partial charge in [-0.15, -0.1) is 0 Å². The quantitative estimate of drug-likeness (QED) is 0.644. The molecule has 2 nitrogen and oxygen atoms in total. The maximum absolute atomic E-state index is 12.4. The summed E-state index contributed by atoms with van der Waals surface area (Å²) in [5, 5.41) is 1.14. The Bertz CT molecular complexity index is 774. The van der Waals surface area contributed by atoms with Gasteiger partial charge in [-0.05, 0) is 28.9 Å². The van der Waals surface area contributed by atoms with Crippen LogP contribution in [0.25, 0.3) is 10.9 Å². The van der Waals surface area contributed by atoms with E-state index in [1.807, 2.05) is 55.5 Å². The van der Waals surface area contributed by atoms with Crippen molar-refractivity contribution in [2.45, 2.75) is 13.5 Å². The summed E-state index contributed by atoms with van der Waals surface area (Å²) in [7, 11) is 0. The van der Waals surface area contributed by atoms with Crippen LogP contribution >= 0.6 is 15.9 Å². The van der Waals surface area contributed by atoms with Crippen molar-refractivity contribution in [2.75, 3.05) is 0 Å². The summed E-state index contributed by atoms with van der Waals surface area (Å²) in [4.78, 5) is 12.4. The van der Waals surface area contributed by atoms with Crippen molar-refractivity contribution in [2.24, 2.45) is 0 Å². The number of carbonyl (C=O) groups excluding carboxylic acids is 1. The van der Waals surface area contributed by atoms with Crippen molar-refractivity contribution in [3.05, 3.63) is 70.3 Å². The number of fused-ring (bicyclic) bond motifs is 1. The first-order valence-corrected chi connectivity index (χ1v) is 7.29. The molecule has 0 N–H and O–H groups in total. The molecule has 0 bridgehead atoms. The zero-order chi connectivity index (χ0) is 14.1. The normalized spacial score (nSPS) is 10.9. The molecule has 20 heavy (non-hydrogen) atoms. The molecule has 0 saturated carbocycles. The van der Waals surface area contributed by atoms with E-state index in [2.05, 4.69) is 26.6 Å². The molecule has 3 aromatic rings. The number of nitrogens with zero attached hydrogens (tertiary/aromatic N) is 1. The molecule has 3 heteroatoms. The Morgan fingerprint density at radius 2 is 1.70 bits per heavy atom. The molecular weight excluding hydrogens is 314 g/mol. The summed E-state index contributed by atoms with van der Waals surface area (Å²) in [5.41, 5.74) is 2.91. The van der Waals surface area contributed by atoms with Crippen LogP contribution in [0.2, 0.25) is 0 Å². The number of Topliss-reactive ketones (excluding diaryl/α,β-unsaturated/α-hetero) is 1. The minimum Gasteiger partial charge on any atom is -0.336 e. The Morgan fingerprint density at radius 1 is 1.05 bits per heavy atom. The second-order valence-electron chi connectivity index (χ2n) is 4.79. The van der Waals surface area contributed by atoms with Gasteiger partial charge in [0.1, 0.15) is 0 Å². The van der Waals surface area contributed by atoms with Crippen LogP contribution in [0.3, 0.4) is 0 Å². The van der Waals surface area contributed by atoms with Gasteiger partial charge in [0.05, 0.1) is 6.54 Å². The Labute approximate surface area is 126 Å². The van der Waals surface area contributed by atoms with Gasteiger partial charge in [-0.3, -0.25) is 4.79 Å². The molecular formula is C17H14BrNO. The van der Waals surface area contributed by atoms with E-state index in [1.165, 1.54) is 0 Å². The van der Waals surface area contributed by atoms with Crippen LogP contribution in [0.4, 0.5) is 0 Å². The smallest absolute Gasteiger partial charge is 0.182 e. The van der Waals surface area contributed by atoms with Crippen molar-refractivity contribution in [3.63, 3.8) is 0 Å². The largest absolute Gasteiger partial charge is 0.336 e. The zero-order valence-electron chi connectivity index (χ0n) is 11.1. The van der Waals surface area contributed by atoms with Gasteiger partial charge >= 0.3 is 0 Å². The summed E-state index contributed by atoms with van der Waals surface area (Å²) in [6, 6.07) is 17.5. The van der Waals surface area contributed by atoms with E-state index < -0.39 is 0 Å². The lowest BCUT2D eigenvalue weighted by atomic mass is 10.1. The monoisotopic (exact) mass is 327 g/mol. The van der Waals surface area contributed by atoms with E-state index in [1.54, 1.807) is 0 Å². The van der Waals surface area contributed by atoms with Gasteiger partial charge < -0.3 is 4.57 Å². The number of hydrogen-bond donors (Lipinski definition) is 0. The third-order valence-electron chi connectivity index (χ3n) is 3.55. The lowest BCUT2D eigenvalue weighted by Crippen LogP contribution is -2.11. The Morgan fingerprint density at radius 3 is 2.45 bits per heavy atom. The second-order valence-corrected chi connectivity index (χ2v) is 5.58. The molecule has 0 aliphatic heterocycles. The summed E-state index contributed by atoms with van der Waals surface area (Å²) in [6.07, 6.45) is 0. The number of halogens is 1. The van der Waals surface area contributed by atoms with E-state index in [0.29, 0.717) is 6.54 Å². The highest BCUT2D eigenvalue weighted by Crippen LogP contribution is 2.30. The number of rotatable bonds is 3. The minimum absolute atomic E-state index is 0.127. The first-order valence-electron chi connectivity index (χ1n) is 6.50. The zero-order valence-corrected chi connectivity index (χ0v) is 12.7. The van der Waals surface area contributed by atoms with Crippen molar-refractivity contribution in [3.8, 4) is 0 Å². The standard InChI is InChI=1S/C17H14BrNO/c1-12-17(18)14-9-5-6-10-15(14)19(12)11-16(20)13-7-3-2-4-8-13/h2-10H,11H2,1H3. The van der Waals surface area contributed by atoms with Crippen molar-refractivity contribution < 1.29 is 4.79 Å².